The number of para-hydroxylation sites is 1. The van der Waals surface area contributed by atoms with Crippen molar-refractivity contribution in [3.63, 3.8) is 0 Å². The third kappa shape index (κ3) is 16.8. The first-order valence-corrected chi connectivity index (χ1v) is 28.6. The summed E-state index contributed by atoms with van der Waals surface area (Å²) in [7, 11) is 0. The van der Waals surface area contributed by atoms with Crippen LogP contribution < -0.4 is 26.8 Å². The topological polar surface area (TPSA) is 4.44 Å². The maximum atomic E-state index is 15.4. The molecule has 0 heterocycles. The van der Waals surface area contributed by atoms with Gasteiger partial charge in [0.2, 0.25) is 0 Å². The van der Waals surface area contributed by atoms with E-state index in [0.717, 1.165) is 0 Å². The summed E-state index contributed by atoms with van der Waals surface area (Å²) >= 11 is 0. The Hall–Kier alpha value is -5.28. The second kappa shape index (κ2) is 34.0. The standard InChI is InChI=1S/C37H69N.C24BF20/c1-4-6-8-10-12-14-16-17-18-19-20-21-23-25-27-31-35-38(37-33-29-28-32-36(37)3)34-30-26-24-22-15-13-11-9-7-5-2;26-5-1(6(27)14(35)21(42)13(5)34)25(2-7(28)15(36)22(43)16(37)8(2)29,3-9(30)17(38)23(44)18(39)10(3)31)4-11(32)19(40)24(45)20(41)12(4)33/h28-29,32-33H,4-27,30-31,34-35H2,1-3H3;/q;-1/p+1. The van der Waals surface area contributed by atoms with Crippen LogP contribution in [0.2, 0.25) is 0 Å². The number of hydrogen-bond donors (Lipinski definition) is 1. The SMILES string of the molecule is CCCCCCCCCCCCCCCCCC[NH+](CCCCCCCCCCCC)c1ccccc1C.Fc1c(F)c(F)c([B-](c2c(F)c(F)c(F)c(F)c2F)(c2c(F)c(F)c(F)c(F)c2F)c2c(F)c(F)c(F)c(F)c2F)c(F)c1F. The summed E-state index contributed by atoms with van der Waals surface area (Å²) in [5.41, 5.74) is -11.3. The molecule has 0 amide bonds. The molecular weight excluding hydrogens is 1140 g/mol. The van der Waals surface area contributed by atoms with Crippen molar-refractivity contribution in [1.82, 2.24) is 0 Å². The van der Waals surface area contributed by atoms with Crippen molar-refractivity contribution in [2.24, 2.45) is 0 Å². The molecule has 0 bridgehead atoms. The minimum absolute atomic E-state index is 1.32. The van der Waals surface area contributed by atoms with Gasteiger partial charge in [0.25, 0.3) is 0 Å². The van der Waals surface area contributed by atoms with Crippen LogP contribution in [0.4, 0.5) is 93.5 Å². The molecule has 5 aromatic carbocycles. The molecule has 0 fully saturated rings. The van der Waals surface area contributed by atoms with Crippen LogP contribution >= 0.6 is 0 Å². The van der Waals surface area contributed by atoms with Crippen LogP contribution in [-0.2, 0) is 0 Å². The van der Waals surface area contributed by atoms with Crippen molar-refractivity contribution in [2.75, 3.05) is 13.1 Å². The molecule has 0 aliphatic carbocycles. The van der Waals surface area contributed by atoms with Crippen LogP contribution in [-0.4, -0.2) is 19.2 Å². The smallest absolute Gasteiger partial charge is 0.200 e. The van der Waals surface area contributed by atoms with Gasteiger partial charge in [0.1, 0.15) is 58.4 Å². The Balaban J connectivity index is 0.000000363. The Kier molecular flexibility index (Phi) is 28.8. The van der Waals surface area contributed by atoms with Gasteiger partial charge in [0.15, 0.2) is 69.8 Å². The van der Waals surface area contributed by atoms with Crippen LogP contribution in [0.25, 0.3) is 0 Å². The highest BCUT2D eigenvalue weighted by atomic mass is 19.2. The van der Waals surface area contributed by atoms with Gasteiger partial charge in [-0.25, -0.2) is 87.8 Å². The van der Waals surface area contributed by atoms with Gasteiger partial charge in [-0.1, -0.05) is 173 Å². The molecule has 1 atom stereocenters. The minimum Gasteiger partial charge on any atom is -0.302 e. The molecule has 0 saturated carbocycles. The van der Waals surface area contributed by atoms with Gasteiger partial charge in [0.05, 0.1) is 13.1 Å². The highest BCUT2D eigenvalue weighted by Crippen LogP contribution is 2.31. The second-order valence-electron chi connectivity index (χ2n) is 21.2. The minimum atomic E-state index is -7.22. The second-order valence-corrected chi connectivity index (χ2v) is 21.2. The summed E-state index contributed by atoms with van der Waals surface area (Å²) in [5, 5.41) is 0. The molecule has 1 N–H and O–H groups in total. The molecule has 0 aromatic heterocycles. The zero-order valence-electron chi connectivity index (χ0n) is 46.7. The Bertz CT molecular complexity index is 2510. The number of rotatable bonds is 33. The van der Waals surface area contributed by atoms with Gasteiger partial charge >= 0.3 is 0 Å². The number of quaternary nitrogens is 1. The largest absolute Gasteiger partial charge is 0.302 e. The summed E-state index contributed by atoms with van der Waals surface area (Å²) in [6, 6.07) is 9.13. The molecular formula is C61H70BF20N. The Labute approximate surface area is 472 Å². The zero-order chi connectivity index (χ0) is 61.7. The highest BCUT2D eigenvalue weighted by molar-refractivity contribution is 7.20. The molecule has 1 nitrogen and oxygen atoms in total. The molecule has 0 aliphatic rings. The van der Waals surface area contributed by atoms with Gasteiger partial charge in [-0.3, -0.25) is 0 Å². The lowest BCUT2D eigenvalue weighted by atomic mass is 9.12. The summed E-state index contributed by atoms with van der Waals surface area (Å²) in [5.74, 6) is -71.4. The maximum absolute atomic E-state index is 15.4. The molecule has 5 rings (SSSR count). The van der Waals surface area contributed by atoms with Crippen molar-refractivity contribution >= 4 is 33.7 Å². The predicted molar refractivity (Wildman–Crippen MR) is 282 cm³/mol. The molecule has 0 spiro atoms. The fraction of sp³-hybridized carbons (Fsp3) is 0.508. The van der Waals surface area contributed by atoms with Crippen molar-refractivity contribution in [2.45, 2.75) is 188 Å². The van der Waals surface area contributed by atoms with Crippen LogP contribution in [0.3, 0.4) is 0 Å². The van der Waals surface area contributed by atoms with Gasteiger partial charge in [-0.15, -0.1) is 21.9 Å². The summed E-state index contributed by atoms with van der Waals surface area (Å²) in [6.45, 7) is 9.56. The van der Waals surface area contributed by atoms with E-state index in [1.165, 1.54) is 186 Å². The summed E-state index contributed by atoms with van der Waals surface area (Å²) in [4.78, 5) is 1.74. The molecule has 0 aliphatic heterocycles. The van der Waals surface area contributed by atoms with Crippen LogP contribution in [0.5, 0.6) is 0 Å². The van der Waals surface area contributed by atoms with E-state index >= 15 is 35.1 Å². The molecule has 1 unspecified atom stereocenters. The monoisotopic (exact) mass is 1210 g/mol. The molecule has 0 radical (unpaired) electrons. The van der Waals surface area contributed by atoms with E-state index in [0.29, 0.717) is 0 Å². The average molecular weight is 1210 g/mol. The van der Waals surface area contributed by atoms with Crippen LogP contribution in [0, 0.1) is 123 Å². The number of unbranched alkanes of at least 4 members (excludes halogenated alkanes) is 24. The lowest BCUT2D eigenvalue weighted by Crippen LogP contribution is -3.07. The van der Waals surface area contributed by atoms with Crippen molar-refractivity contribution in [3.05, 3.63) is 146 Å². The third-order valence-corrected chi connectivity index (χ3v) is 15.4. The molecule has 22 heteroatoms. The fourth-order valence-electron chi connectivity index (χ4n) is 11.0. The molecule has 83 heavy (non-hydrogen) atoms. The van der Waals surface area contributed by atoms with Crippen molar-refractivity contribution < 1.29 is 92.7 Å². The summed E-state index contributed by atoms with van der Waals surface area (Å²) in [6.07, 6.45) is 30.3. The Morgan fingerprint density at radius 3 is 0.639 bits per heavy atom. The van der Waals surface area contributed by atoms with E-state index in [2.05, 4.69) is 45.0 Å². The van der Waals surface area contributed by atoms with Gasteiger partial charge in [0, 0.05) is 5.56 Å². The first-order valence-electron chi connectivity index (χ1n) is 28.6. The first kappa shape index (κ1) is 70.2. The molecule has 462 valence electrons. The maximum Gasteiger partial charge on any atom is 0.200 e. The molecule has 5 aromatic rings. The fourth-order valence-corrected chi connectivity index (χ4v) is 11.0. The lowest BCUT2D eigenvalue weighted by molar-refractivity contribution is -0.833. The summed E-state index contributed by atoms with van der Waals surface area (Å²) < 4.78 is 294. The molecule has 0 saturated heterocycles. The Morgan fingerprint density at radius 2 is 0.434 bits per heavy atom. The van der Waals surface area contributed by atoms with E-state index in [1.54, 1.807) is 10.6 Å². The van der Waals surface area contributed by atoms with Gasteiger partial charge in [-0.05, 0) is 38.7 Å². The van der Waals surface area contributed by atoms with E-state index in [-0.39, 0.29) is 0 Å². The third-order valence-electron chi connectivity index (χ3n) is 15.4. The van der Waals surface area contributed by atoms with E-state index in [9.17, 15) is 52.7 Å². The average Bonchev–Trinajstić information content (AvgIpc) is 0.782. The normalized spacial score (nSPS) is 12.1. The van der Waals surface area contributed by atoms with E-state index < -0.39 is 144 Å². The zero-order valence-corrected chi connectivity index (χ0v) is 46.7. The van der Waals surface area contributed by atoms with E-state index in [4.69, 9.17) is 0 Å². The first-order chi connectivity index (χ1) is 39.5. The lowest BCUT2D eigenvalue weighted by Gasteiger charge is -2.44. The van der Waals surface area contributed by atoms with Gasteiger partial charge in [-0.2, -0.15) is 0 Å². The van der Waals surface area contributed by atoms with E-state index in [1.807, 2.05) is 0 Å². The number of hydrogen-bond acceptors (Lipinski definition) is 0. The van der Waals surface area contributed by atoms with Crippen LogP contribution in [0.1, 0.15) is 186 Å². The van der Waals surface area contributed by atoms with Crippen molar-refractivity contribution in [1.29, 1.82) is 0 Å². The number of nitrogens with one attached hydrogen (secondary N) is 1. The van der Waals surface area contributed by atoms with Crippen LogP contribution in [0.15, 0.2) is 24.3 Å². The van der Waals surface area contributed by atoms with Crippen molar-refractivity contribution in [3.8, 4) is 0 Å². The number of aryl methyl sites for hydroxylation is 1. The quantitative estimate of drug-likeness (QED) is 0.0140. The Morgan fingerprint density at radius 1 is 0.253 bits per heavy atom. The number of halogens is 20. The van der Waals surface area contributed by atoms with Gasteiger partial charge < -0.3 is 4.90 Å². The predicted octanol–water partition coefficient (Wildman–Crippen LogP) is 17.5. The highest BCUT2D eigenvalue weighted by Gasteiger charge is 2.52. The number of benzene rings is 5.